The second kappa shape index (κ2) is 7.30. The number of aliphatic hydroxyl groups excluding tert-OH is 1. The van der Waals surface area contributed by atoms with Crippen LogP contribution in [0.2, 0.25) is 0 Å². The van der Waals surface area contributed by atoms with Crippen molar-refractivity contribution in [2.75, 3.05) is 7.11 Å². The molecular weight excluding hydrogens is 478 g/mol. The Balaban J connectivity index is 1.89. The van der Waals surface area contributed by atoms with E-state index in [1.54, 1.807) is 48.5 Å². The summed E-state index contributed by atoms with van der Waals surface area (Å²) in [7, 11) is 1.42. The van der Waals surface area contributed by atoms with E-state index in [1.165, 1.54) is 19.5 Å². The number of rotatable bonds is 4. The molecule has 0 bridgehead atoms. The molecule has 3 aromatic rings. The zero-order chi connectivity index (χ0) is 22.7. The van der Waals surface area contributed by atoms with Crippen LogP contribution in [0.5, 0.6) is 11.5 Å². The van der Waals surface area contributed by atoms with E-state index in [-0.39, 0.29) is 17.1 Å². The Hall–Kier alpha value is -2.94. The molecule has 1 fully saturated rings. The number of halogens is 1. The Bertz CT molecular complexity index is 1190. The Morgan fingerprint density at radius 1 is 1.12 bits per heavy atom. The molecule has 1 aromatic heterocycles. The second-order valence-corrected chi connectivity index (χ2v) is 8.94. The molecule has 1 saturated carbocycles. The first-order valence-corrected chi connectivity index (χ1v) is 10.8. The zero-order valence-electron chi connectivity index (χ0n) is 17.0. The van der Waals surface area contributed by atoms with E-state index in [4.69, 9.17) is 9.47 Å². The summed E-state index contributed by atoms with van der Waals surface area (Å²) in [4.78, 5) is 16.6. The number of carboxylic acid groups (broad SMARTS) is 1. The maximum Gasteiger partial charge on any atom is 0.310 e. The smallest absolute Gasteiger partial charge is 0.310 e. The van der Waals surface area contributed by atoms with Gasteiger partial charge in [0.25, 0.3) is 0 Å². The van der Waals surface area contributed by atoms with Gasteiger partial charge in [0.05, 0.1) is 31.0 Å². The zero-order valence-corrected chi connectivity index (χ0v) is 18.6. The summed E-state index contributed by atoms with van der Waals surface area (Å²) in [5.74, 6) is -3.06. The third-order valence-corrected chi connectivity index (χ3v) is 7.13. The van der Waals surface area contributed by atoms with Crippen LogP contribution in [-0.2, 0) is 16.0 Å². The van der Waals surface area contributed by atoms with Gasteiger partial charge in [-0.25, -0.2) is 0 Å². The highest BCUT2D eigenvalue weighted by molar-refractivity contribution is 9.10. The molecule has 2 aromatic carbocycles. The Labute approximate surface area is 192 Å². The van der Waals surface area contributed by atoms with Gasteiger partial charge in [-0.3, -0.25) is 9.78 Å². The van der Waals surface area contributed by atoms with Gasteiger partial charge in [-0.2, -0.15) is 0 Å². The second-order valence-electron chi connectivity index (χ2n) is 8.02. The molecule has 0 radical (unpaired) electrons. The Kier molecular flexibility index (Phi) is 4.77. The summed E-state index contributed by atoms with van der Waals surface area (Å²) in [6.45, 7) is 0. The third-order valence-electron chi connectivity index (χ3n) is 6.60. The van der Waals surface area contributed by atoms with Crippen molar-refractivity contribution in [3.8, 4) is 11.5 Å². The lowest BCUT2D eigenvalue weighted by Gasteiger charge is -2.40. The maximum atomic E-state index is 12.5. The molecular formula is C24H20BrNO6. The average molecular weight is 498 g/mol. The highest BCUT2D eigenvalue weighted by Crippen LogP contribution is 2.69. The number of hydrogen-bond acceptors (Lipinski definition) is 6. The molecule has 32 heavy (non-hydrogen) atoms. The number of carboxylic acids is 1. The van der Waals surface area contributed by atoms with Gasteiger partial charge in [0, 0.05) is 10.4 Å². The molecule has 1 aliphatic heterocycles. The molecule has 0 amide bonds. The minimum Gasteiger partial charge on any atom is -0.495 e. The third kappa shape index (κ3) is 2.54. The number of nitrogens with zero attached hydrogens (tertiary/aromatic N) is 1. The van der Waals surface area contributed by atoms with Crippen LogP contribution in [0, 0.1) is 5.92 Å². The molecule has 0 spiro atoms. The van der Waals surface area contributed by atoms with Gasteiger partial charge in [0.1, 0.15) is 17.6 Å². The van der Waals surface area contributed by atoms with Gasteiger partial charge in [0.15, 0.2) is 11.2 Å². The number of hydrogen-bond donors (Lipinski definition) is 3. The van der Waals surface area contributed by atoms with E-state index in [9.17, 15) is 20.1 Å². The SMILES string of the molecule is COc1cncc2c1C1(O)C(O)C(C(=O)O)C(c3ccccc3)C1(c1ccc(Br)cc1)O2. The van der Waals surface area contributed by atoms with E-state index in [1.807, 2.05) is 6.07 Å². The number of aliphatic hydroxyl groups is 2. The van der Waals surface area contributed by atoms with Crippen molar-refractivity contribution in [2.45, 2.75) is 23.2 Å². The Morgan fingerprint density at radius 3 is 2.44 bits per heavy atom. The fourth-order valence-corrected chi connectivity index (χ4v) is 5.63. The first-order chi connectivity index (χ1) is 15.4. The average Bonchev–Trinajstić information content (AvgIpc) is 3.18. The number of fused-ring (bicyclic) bond motifs is 3. The molecule has 0 saturated heterocycles. The van der Waals surface area contributed by atoms with E-state index in [0.29, 0.717) is 11.1 Å². The van der Waals surface area contributed by atoms with Gasteiger partial charge in [-0.15, -0.1) is 0 Å². The van der Waals surface area contributed by atoms with E-state index in [2.05, 4.69) is 20.9 Å². The van der Waals surface area contributed by atoms with Crippen molar-refractivity contribution in [1.82, 2.24) is 4.98 Å². The Morgan fingerprint density at radius 2 is 1.81 bits per heavy atom. The number of pyridine rings is 1. The van der Waals surface area contributed by atoms with Crippen molar-refractivity contribution in [3.05, 3.63) is 88.2 Å². The van der Waals surface area contributed by atoms with Crippen LogP contribution in [-0.4, -0.2) is 39.5 Å². The molecule has 1 aliphatic carbocycles. The van der Waals surface area contributed by atoms with Crippen LogP contribution in [0.4, 0.5) is 0 Å². The summed E-state index contributed by atoms with van der Waals surface area (Å²) in [6, 6.07) is 16.0. The fourth-order valence-electron chi connectivity index (χ4n) is 5.37. The molecule has 7 nitrogen and oxygen atoms in total. The summed E-state index contributed by atoms with van der Waals surface area (Å²) in [5, 5.41) is 34.0. The summed E-state index contributed by atoms with van der Waals surface area (Å²) in [5.41, 5.74) is -2.42. The standard InChI is InChI=1S/C24H20BrNO6/c1-31-16-11-26-12-17-20(16)23(30)21(27)18(22(28)29)19(13-5-3-2-4-6-13)24(23,32-17)14-7-9-15(25)10-8-14/h2-12,18-19,21,27,30H,1H3,(H,28,29). The molecule has 2 heterocycles. The highest BCUT2D eigenvalue weighted by Gasteiger charge is 2.78. The lowest BCUT2D eigenvalue weighted by molar-refractivity contribution is -0.159. The van der Waals surface area contributed by atoms with Crippen LogP contribution in [0.15, 0.2) is 71.5 Å². The fraction of sp³-hybridized carbons (Fsp3) is 0.250. The number of carbonyl (C=O) groups is 1. The predicted molar refractivity (Wildman–Crippen MR) is 117 cm³/mol. The van der Waals surface area contributed by atoms with Crippen molar-refractivity contribution in [3.63, 3.8) is 0 Å². The van der Waals surface area contributed by atoms with Crippen molar-refractivity contribution < 1.29 is 29.6 Å². The summed E-state index contributed by atoms with van der Waals surface area (Å²) in [6.07, 6.45) is 1.17. The minimum absolute atomic E-state index is 0.190. The molecule has 5 unspecified atom stereocenters. The van der Waals surface area contributed by atoms with Crippen molar-refractivity contribution in [2.24, 2.45) is 5.92 Å². The molecule has 8 heteroatoms. The van der Waals surface area contributed by atoms with Gasteiger partial charge >= 0.3 is 5.97 Å². The first-order valence-electron chi connectivity index (χ1n) is 10.0. The van der Waals surface area contributed by atoms with Crippen LogP contribution >= 0.6 is 15.9 Å². The topological polar surface area (TPSA) is 109 Å². The molecule has 2 aliphatic rings. The normalized spacial score (nSPS) is 30.3. The van der Waals surface area contributed by atoms with Crippen molar-refractivity contribution >= 4 is 21.9 Å². The first kappa shape index (κ1) is 20.9. The summed E-state index contributed by atoms with van der Waals surface area (Å²) >= 11 is 3.42. The van der Waals surface area contributed by atoms with E-state index < -0.39 is 35.1 Å². The molecule has 5 rings (SSSR count). The van der Waals surface area contributed by atoms with Crippen LogP contribution in [0.1, 0.15) is 22.6 Å². The van der Waals surface area contributed by atoms with Crippen LogP contribution in [0.3, 0.4) is 0 Å². The quantitative estimate of drug-likeness (QED) is 0.507. The lowest BCUT2D eigenvalue weighted by Crippen LogP contribution is -2.52. The van der Waals surface area contributed by atoms with Gasteiger partial charge < -0.3 is 24.8 Å². The number of benzene rings is 2. The van der Waals surface area contributed by atoms with Gasteiger partial charge in [0.2, 0.25) is 0 Å². The highest BCUT2D eigenvalue weighted by atomic mass is 79.9. The largest absolute Gasteiger partial charge is 0.495 e. The molecule has 3 N–H and O–H groups in total. The van der Waals surface area contributed by atoms with Gasteiger partial charge in [-0.05, 0) is 23.3 Å². The number of aliphatic carboxylic acids is 1. The predicted octanol–water partition coefficient (Wildman–Crippen LogP) is 3.19. The number of methoxy groups -OCH3 is 1. The van der Waals surface area contributed by atoms with Gasteiger partial charge in [-0.1, -0.05) is 58.4 Å². The van der Waals surface area contributed by atoms with Crippen LogP contribution < -0.4 is 9.47 Å². The lowest BCUT2D eigenvalue weighted by atomic mass is 9.70. The van der Waals surface area contributed by atoms with Crippen molar-refractivity contribution in [1.29, 1.82) is 0 Å². The van der Waals surface area contributed by atoms with Crippen LogP contribution in [0.25, 0.3) is 0 Å². The number of ether oxygens (including phenoxy) is 2. The number of aromatic nitrogens is 1. The minimum atomic E-state index is -2.12. The monoisotopic (exact) mass is 497 g/mol. The van der Waals surface area contributed by atoms with E-state index in [0.717, 1.165) is 4.47 Å². The summed E-state index contributed by atoms with van der Waals surface area (Å²) < 4.78 is 12.7. The van der Waals surface area contributed by atoms with E-state index >= 15 is 0 Å². The molecule has 164 valence electrons. The molecule has 5 atom stereocenters. The maximum absolute atomic E-state index is 12.5.